The molecule has 0 saturated heterocycles. The van der Waals surface area contributed by atoms with Crippen molar-refractivity contribution in [1.29, 1.82) is 0 Å². The second-order valence-corrected chi connectivity index (χ2v) is 13.3. The molecule has 10 heteroatoms. The van der Waals surface area contributed by atoms with E-state index in [1.165, 1.54) is 4.68 Å². The molecule has 0 atom stereocenters. The van der Waals surface area contributed by atoms with Gasteiger partial charge in [0.2, 0.25) is 0 Å². The van der Waals surface area contributed by atoms with Crippen molar-refractivity contribution in [3.8, 4) is 16.8 Å². The molecule has 5 rings (SSSR count). The minimum absolute atomic E-state index is 0.0623. The topological polar surface area (TPSA) is 115 Å². The van der Waals surface area contributed by atoms with E-state index in [1.54, 1.807) is 73.7 Å². The Morgan fingerprint density at radius 2 is 1.33 bits per heavy atom. The van der Waals surface area contributed by atoms with E-state index in [-0.39, 0.29) is 21.2 Å². The van der Waals surface area contributed by atoms with Gasteiger partial charge in [0.05, 0.1) is 21.2 Å². The van der Waals surface area contributed by atoms with Gasteiger partial charge in [-0.3, -0.25) is 4.79 Å². The standard InChI is InChI=1S/C29H25N3O5S2/c1-19-16-26(32(31-19)25-17-21-8-4-5-9-22(21)18-28(25)39(3,36)37)29(33)30-23-14-12-20(13-15-23)24-10-6-7-11-27(24)38(2,34)35/h4-18H,1-3H3,(H,30,33). The second-order valence-electron chi connectivity index (χ2n) is 9.32. The summed E-state index contributed by atoms with van der Waals surface area (Å²) in [4.78, 5) is 13.7. The molecule has 1 N–H and O–H groups in total. The van der Waals surface area contributed by atoms with Gasteiger partial charge in [0.25, 0.3) is 5.91 Å². The van der Waals surface area contributed by atoms with Crippen molar-refractivity contribution in [1.82, 2.24) is 9.78 Å². The minimum atomic E-state index is -3.65. The van der Waals surface area contributed by atoms with E-state index >= 15 is 0 Å². The van der Waals surface area contributed by atoms with Crippen LogP contribution in [0.3, 0.4) is 0 Å². The van der Waals surface area contributed by atoms with Gasteiger partial charge in [-0.15, -0.1) is 0 Å². The number of carbonyl (C=O) groups excluding carboxylic acids is 1. The predicted molar refractivity (Wildman–Crippen MR) is 152 cm³/mol. The first-order valence-electron chi connectivity index (χ1n) is 11.9. The zero-order valence-electron chi connectivity index (χ0n) is 21.4. The Morgan fingerprint density at radius 3 is 1.97 bits per heavy atom. The van der Waals surface area contributed by atoms with Gasteiger partial charge in [-0.1, -0.05) is 54.6 Å². The molecule has 0 aliphatic heterocycles. The quantitative estimate of drug-likeness (QED) is 0.311. The average molecular weight is 560 g/mol. The number of rotatable bonds is 6. The molecule has 0 radical (unpaired) electrons. The van der Waals surface area contributed by atoms with Gasteiger partial charge >= 0.3 is 0 Å². The molecule has 198 valence electrons. The number of aromatic nitrogens is 2. The third-order valence-electron chi connectivity index (χ3n) is 6.26. The molecule has 0 spiro atoms. The summed E-state index contributed by atoms with van der Waals surface area (Å²) >= 11 is 0. The van der Waals surface area contributed by atoms with Gasteiger partial charge in [-0.2, -0.15) is 5.10 Å². The highest BCUT2D eigenvalue weighted by Gasteiger charge is 2.22. The van der Waals surface area contributed by atoms with Gasteiger partial charge in [-0.25, -0.2) is 21.5 Å². The van der Waals surface area contributed by atoms with Crippen molar-refractivity contribution in [3.05, 3.63) is 102 Å². The first-order chi connectivity index (χ1) is 18.4. The Balaban J connectivity index is 1.51. The number of amides is 1. The Bertz CT molecular complexity index is 1960. The molecule has 1 amide bonds. The number of hydrogen-bond acceptors (Lipinski definition) is 6. The van der Waals surface area contributed by atoms with Gasteiger partial charge in [0.1, 0.15) is 5.69 Å². The maximum Gasteiger partial charge on any atom is 0.274 e. The Morgan fingerprint density at radius 1 is 0.744 bits per heavy atom. The first kappa shape index (κ1) is 26.3. The van der Waals surface area contributed by atoms with E-state index in [0.29, 0.717) is 22.5 Å². The number of benzene rings is 4. The fourth-order valence-electron chi connectivity index (χ4n) is 4.47. The van der Waals surface area contributed by atoms with Crippen LogP contribution in [0.5, 0.6) is 0 Å². The predicted octanol–water partition coefficient (Wildman–Crippen LogP) is 5.06. The van der Waals surface area contributed by atoms with Crippen molar-refractivity contribution in [2.45, 2.75) is 16.7 Å². The fraction of sp³-hybridized carbons (Fsp3) is 0.103. The number of carbonyl (C=O) groups is 1. The maximum absolute atomic E-state index is 13.4. The number of nitrogens with zero attached hydrogens (tertiary/aromatic N) is 2. The van der Waals surface area contributed by atoms with Crippen LogP contribution in [0.1, 0.15) is 16.2 Å². The van der Waals surface area contributed by atoms with Crippen molar-refractivity contribution >= 4 is 42.0 Å². The van der Waals surface area contributed by atoms with Crippen molar-refractivity contribution < 1.29 is 21.6 Å². The first-order valence-corrected chi connectivity index (χ1v) is 15.7. The SMILES string of the molecule is Cc1cc(C(=O)Nc2ccc(-c3ccccc3S(C)(=O)=O)cc2)n(-c2cc3ccccc3cc2S(C)(=O)=O)n1. The molecule has 0 saturated carbocycles. The van der Waals surface area contributed by atoms with Crippen LogP contribution in [0.25, 0.3) is 27.6 Å². The molecule has 39 heavy (non-hydrogen) atoms. The molecule has 8 nitrogen and oxygen atoms in total. The van der Waals surface area contributed by atoms with Crippen LogP contribution in [0, 0.1) is 6.92 Å². The highest BCUT2D eigenvalue weighted by atomic mass is 32.2. The van der Waals surface area contributed by atoms with Crippen LogP contribution in [-0.4, -0.2) is 45.0 Å². The van der Waals surface area contributed by atoms with Gasteiger partial charge in [0, 0.05) is 23.8 Å². The molecular formula is C29H25N3O5S2. The largest absolute Gasteiger partial charge is 0.321 e. The van der Waals surface area contributed by atoms with E-state index in [9.17, 15) is 21.6 Å². The number of anilines is 1. The lowest BCUT2D eigenvalue weighted by molar-refractivity contribution is 0.101. The number of hydrogen-bond donors (Lipinski definition) is 1. The lowest BCUT2D eigenvalue weighted by Crippen LogP contribution is -2.18. The minimum Gasteiger partial charge on any atom is -0.321 e. The summed E-state index contributed by atoms with van der Waals surface area (Å²) < 4.78 is 51.2. The van der Waals surface area contributed by atoms with Crippen molar-refractivity contribution in [2.24, 2.45) is 0 Å². The summed E-state index contributed by atoms with van der Waals surface area (Å²) in [6, 6.07) is 25.8. The fourth-order valence-corrected chi connectivity index (χ4v) is 6.25. The number of aryl methyl sites for hydroxylation is 1. The Hall–Kier alpha value is -4.28. The molecule has 0 unspecified atom stereocenters. The third kappa shape index (κ3) is 5.34. The summed E-state index contributed by atoms with van der Waals surface area (Å²) in [5, 5.41) is 8.85. The molecule has 0 aliphatic carbocycles. The van der Waals surface area contributed by atoms with E-state index in [4.69, 9.17) is 0 Å². The van der Waals surface area contributed by atoms with E-state index in [0.717, 1.165) is 23.3 Å². The summed E-state index contributed by atoms with van der Waals surface area (Å²) in [6.07, 6.45) is 2.29. The third-order valence-corrected chi connectivity index (χ3v) is 8.54. The summed E-state index contributed by atoms with van der Waals surface area (Å²) in [5.74, 6) is -0.479. The smallest absolute Gasteiger partial charge is 0.274 e. The highest BCUT2D eigenvalue weighted by Crippen LogP contribution is 2.30. The van der Waals surface area contributed by atoms with Crippen LogP contribution in [-0.2, 0) is 19.7 Å². The van der Waals surface area contributed by atoms with E-state index in [1.807, 2.05) is 24.3 Å². The Kier molecular flexibility index (Phi) is 6.61. The second kappa shape index (κ2) is 9.79. The van der Waals surface area contributed by atoms with Crippen LogP contribution in [0.4, 0.5) is 5.69 Å². The van der Waals surface area contributed by atoms with Crippen LogP contribution < -0.4 is 5.32 Å². The lowest BCUT2D eigenvalue weighted by atomic mass is 10.1. The molecule has 1 heterocycles. The summed E-state index contributed by atoms with van der Waals surface area (Å²) in [5.41, 5.74) is 2.72. The normalized spacial score (nSPS) is 12.0. The Labute approximate surface area is 226 Å². The lowest BCUT2D eigenvalue weighted by Gasteiger charge is -2.14. The van der Waals surface area contributed by atoms with Gasteiger partial charge < -0.3 is 5.32 Å². The zero-order chi connectivity index (χ0) is 27.9. The summed E-state index contributed by atoms with van der Waals surface area (Å²) in [6.45, 7) is 1.72. The zero-order valence-corrected chi connectivity index (χ0v) is 23.0. The molecule has 0 fully saturated rings. The average Bonchev–Trinajstić information content (AvgIpc) is 3.29. The van der Waals surface area contributed by atoms with Crippen molar-refractivity contribution in [3.63, 3.8) is 0 Å². The maximum atomic E-state index is 13.4. The molecule has 0 bridgehead atoms. The van der Waals surface area contributed by atoms with Crippen LogP contribution in [0.15, 0.2) is 101 Å². The number of nitrogens with one attached hydrogen (secondary N) is 1. The van der Waals surface area contributed by atoms with Crippen LogP contribution >= 0.6 is 0 Å². The van der Waals surface area contributed by atoms with Gasteiger partial charge in [0.15, 0.2) is 19.7 Å². The molecule has 4 aromatic carbocycles. The monoisotopic (exact) mass is 559 g/mol. The van der Waals surface area contributed by atoms with E-state index in [2.05, 4.69) is 10.4 Å². The molecule has 1 aromatic heterocycles. The van der Waals surface area contributed by atoms with Crippen LogP contribution in [0.2, 0.25) is 0 Å². The highest BCUT2D eigenvalue weighted by molar-refractivity contribution is 7.91. The number of sulfone groups is 2. The van der Waals surface area contributed by atoms with Crippen molar-refractivity contribution in [2.75, 3.05) is 17.8 Å². The molecule has 0 aliphatic rings. The molecular weight excluding hydrogens is 534 g/mol. The van der Waals surface area contributed by atoms with E-state index < -0.39 is 25.6 Å². The summed E-state index contributed by atoms with van der Waals surface area (Å²) in [7, 11) is -7.07. The molecule has 5 aromatic rings. The van der Waals surface area contributed by atoms with Gasteiger partial charge in [-0.05, 0) is 59.7 Å². The number of fused-ring (bicyclic) bond motifs is 1.